The first-order valence-corrected chi connectivity index (χ1v) is 9.26. The molecule has 3 aromatic rings. The molecule has 3 heterocycles. The summed E-state index contributed by atoms with van der Waals surface area (Å²) in [5.74, 6) is -0.171. The van der Waals surface area contributed by atoms with Crippen LogP contribution < -0.4 is 10.1 Å². The predicted molar refractivity (Wildman–Crippen MR) is 103 cm³/mol. The third-order valence-electron chi connectivity index (χ3n) is 4.88. The number of hydrogen-bond donors (Lipinski definition) is 1. The number of rotatable bonds is 5. The fourth-order valence-electron chi connectivity index (χ4n) is 3.36. The minimum atomic E-state index is -2.75. The zero-order valence-corrected chi connectivity index (χ0v) is 15.8. The van der Waals surface area contributed by atoms with Gasteiger partial charge in [-0.25, -0.2) is 13.8 Å². The van der Waals surface area contributed by atoms with Crippen molar-refractivity contribution < 1.29 is 23.0 Å². The number of ether oxygens (including phenoxy) is 2. The number of amides is 1. The van der Waals surface area contributed by atoms with Crippen LogP contribution in [0.4, 0.5) is 14.5 Å². The Morgan fingerprint density at radius 3 is 2.83 bits per heavy atom. The number of hydrogen-bond acceptors (Lipinski definition) is 5. The van der Waals surface area contributed by atoms with E-state index in [1.54, 1.807) is 12.1 Å². The van der Waals surface area contributed by atoms with Gasteiger partial charge in [0.25, 0.3) is 12.3 Å². The summed E-state index contributed by atoms with van der Waals surface area (Å²) in [6.07, 6.45) is 0.960. The van der Waals surface area contributed by atoms with Crippen molar-refractivity contribution in [3.8, 4) is 5.75 Å². The number of anilines is 1. The minimum absolute atomic E-state index is 0.0946. The van der Waals surface area contributed by atoms with Crippen molar-refractivity contribution in [1.29, 1.82) is 0 Å². The molecule has 0 unspecified atom stereocenters. The second kappa shape index (κ2) is 8.12. The van der Waals surface area contributed by atoms with E-state index in [0.717, 1.165) is 23.7 Å². The van der Waals surface area contributed by atoms with E-state index in [1.165, 1.54) is 25.3 Å². The third-order valence-corrected chi connectivity index (χ3v) is 4.88. The molecule has 1 aromatic carbocycles. The fourth-order valence-corrected chi connectivity index (χ4v) is 3.36. The average Bonchev–Trinajstić information content (AvgIpc) is 3.16. The quantitative estimate of drug-likeness (QED) is 0.698. The summed E-state index contributed by atoms with van der Waals surface area (Å²) in [6, 6.07) is 7.70. The van der Waals surface area contributed by atoms with Crippen LogP contribution in [-0.4, -0.2) is 41.0 Å². The molecular weight excluding hydrogens is 382 g/mol. The van der Waals surface area contributed by atoms with Crippen LogP contribution >= 0.6 is 0 Å². The van der Waals surface area contributed by atoms with Gasteiger partial charge in [-0.2, -0.15) is 5.10 Å². The molecular formula is C20H20F2N4O3. The Labute approximate surface area is 165 Å². The monoisotopic (exact) mass is 402 g/mol. The molecule has 1 amide bonds. The molecule has 1 aliphatic rings. The van der Waals surface area contributed by atoms with Crippen molar-refractivity contribution in [1.82, 2.24) is 14.8 Å². The number of pyridine rings is 1. The number of methoxy groups -OCH3 is 1. The topological polar surface area (TPSA) is 78.3 Å². The van der Waals surface area contributed by atoms with Gasteiger partial charge < -0.3 is 14.8 Å². The number of carbonyl (C=O) groups is 1. The van der Waals surface area contributed by atoms with Gasteiger partial charge in [-0.1, -0.05) is 6.07 Å². The van der Waals surface area contributed by atoms with Gasteiger partial charge >= 0.3 is 0 Å². The van der Waals surface area contributed by atoms with Gasteiger partial charge in [-0.3, -0.25) is 9.48 Å². The maximum Gasteiger partial charge on any atom is 0.280 e. The third kappa shape index (κ3) is 4.04. The Kier molecular flexibility index (Phi) is 5.39. The Morgan fingerprint density at radius 1 is 1.31 bits per heavy atom. The summed E-state index contributed by atoms with van der Waals surface area (Å²) < 4.78 is 38.4. The lowest BCUT2D eigenvalue weighted by Crippen LogP contribution is -2.19. The number of aromatic nitrogens is 3. The van der Waals surface area contributed by atoms with Crippen LogP contribution in [-0.2, 0) is 4.74 Å². The molecule has 29 heavy (non-hydrogen) atoms. The Balaban J connectivity index is 1.62. The van der Waals surface area contributed by atoms with Gasteiger partial charge in [0.05, 0.1) is 24.4 Å². The van der Waals surface area contributed by atoms with E-state index < -0.39 is 18.0 Å². The summed E-state index contributed by atoms with van der Waals surface area (Å²) in [4.78, 5) is 16.3. The van der Waals surface area contributed by atoms with E-state index >= 15 is 0 Å². The van der Waals surface area contributed by atoms with Crippen LogP contribution in [0.15, 0.2) is 36.5 Å². The molecule has 152 valence electrons. The molecule has 7 nitrogen and oxygen atoms in total. The predicted octanol–water partition coefficient (Wildman–Crippen LogP) is 3.98. The first kappa shape index (κ1) is 19.3. The van der Waals surface area contributed by atoms with E-state index in [1.807, 2.05) is 10.9 Å². The molecule has 0 spiro atoms. The summed E-state index contributed by atoms with van der Waals surface area (Å²) in [5.41, 5.74) is 0.616. The molecule has 0 saturated carbocycles. The number of alkyl halides is 2. The molecule has 1 aliphatic heterocycles. The van der Waals surface area contributed by atoms with Crippen molar-refractivity contribution in [2.24, 2.45) is 0 Å². The first-order chi connectivity index (χ1) is 14.0. The highest BCUT2D eigenvalue weighted by Gasteiger charge is 2.19. The van der Waals surface area contributed by atoms with Crippen LogP contribution in [0.2, 0.25) is 0 Å². The second-order valence-corrected chi connectivity index (χ2v) is 6.77. The van der Waals surface area contributed by atoms with E-state index in [2.05, 4.69) is 15.4 Å². The van der Waals surface area contributed by atoms with Crippen LogP contribution in [0.25, 0.3) is 10.9 Å². The normalized spacial score (nSPS) is 15.0. The molecule has 0 atom stereocenters. The van der Waals surface area contributed by atoms with Crippen molar-refractivity contribution in [2.75, 3.05) is 25.6 Å². The van der Waals surface area contributed by atoms with Crippen molar-refractivity contribution in [2.45, 2.75) is 25.3 Å². The average molecular weight is 402 g/mol. The number of benzene rings is 1. The molecule has 0 aliphatic carbocycles. The van der Waals surface area contributed by atoms with Gasteiger partial charge in [-0.15, -0.1) is 0 Å². The number of carbonyl (C=O) groups excluding carboxylic acids is 1. The van der Waals surface area contributed by atoms with Crippen molar-refractivity contribution >= 4 is 22.5 Å². The maximum absolute atomic E-state index is 12.9. The number of fused-ring (bicyclic) bond motifs is 1. The molecule has 0 bridgehead atoms. The Bertz CT molecular complexity index is 1030. The Hall–Kier alpha value is -3.07. The van der Waals surface area contributed by atoms with Gasteiger partial charge in [-0.05, 0) is 31.0 Å². The number of halogens is 2. The van der Waals surface area contributed by atoms with Gasteiger partial charge in [0, 0.05) is 30.9 Å². The highest BCUT2D eigenvalue weighted by Crippen LogP contribution is 2.32. The van der Waals surface area contributed by atoms with Gasteiger partial charge in [0.15, 0.2) is 0 Å². The lowest BCUT2D eigenvalue weighted by Gasteiger charge is -2.22. The maximum atomic E-state index is 12.9. The largest absolute Gasteiger partial charge is 0.494 e. The summed E-state index contributed by atoms with van der Waals surface area (Å²) in [6.45, 7) is 1.41. The lowest BCUT2D eigenvalue weighted by molar-refractivity contribution is 0.0664. The summed E-state index contributed by atoms with van der Waals surface area (Å²) in [7, 11) is 1.49. The second-order valence-electron chi connectivity index (χ2n) is 6.77. The molecule has 1 N–H and O–H groups in total. The fraction of sp³-hybridized carbons (Fsp3) is 0.350. The highest BCUT2D eigenvalue weighted by atomic mass is 19.3. The highest BCUT2D eigenvalue weighted by molar-refractivity contribution is 6.05. The van der Waals surface area contributed by atoms with Gasteiger partial charge in [0.2, 0.25) is 0 Å². The molecule has 2 aromatic heterocycles. The molecule has 9 heteroatoms. The first-order valence-electron chi connectivity index (χ1n) is 9.26. The Morgan fingerprint density at radius 2 is 2.10 bits per heavy atom. The van der Waals surface area contributed by atoms with Crippen LogP contribution in [0, 0.1) is 0 Å². The van der Waals surface area contributed by atoms with E-state index in [0.29, 0.717) is 24.7 Å². The minimum Gasteiger partial charge on any atom is -0.494 e. The molecule has 4 rings (SSSR count). The van der Waals surface area contributed by atoms with Crippen LogP contribution in [0.1, 0.15) is 41.5 Å². The molecule has 0 radical (unpaired) electrons. The van der Waals surface area contributed by atoms with Crippen LogP contribution in [0.3, 0.4) is 0 Å². The standard InChI is InChI=1S/C20H20F2N4O3/c1-28-18-10-16-12(11-26(25-16)13-5-7-29-8-6-13)9-17(18)24-20(27)15-4-2-3-14(23-15)19(21)22/h2-4,9-11,13,19H,5-8H2,1H3,(H,24,27). The van der Waals surface area contributed by atoms with Crippen molar-refractivity contribution in [3.05, 3.63) is 47.9 Å². The lowest BCUT2D eigenvalue weighted by atomic mass is 10.1. The summed E-state index contributed by atoms with van der Waals surface area (Å²) >= 11 is 0. The molecule has 1 saturated heterocycles. The number of nitrogens with one attached hydrogen (secondary N) is 1. The SMILES string of the molecule is COc1cc2nn(C3CCOCC3)cc2cc1NC(=O)c1cccc(C(F)F)n1. The zero-order valence-electron chi connectivity index (χ0n) is 15.8. The van der Waals surface area contributed by atoms with Crippen molar-refractivity contribution in [3.63, 3.8) is 0 Å². The zero-order chi connectivity index (χ0) is 20.4. The van der Waals surface area contributed by atoms with E-state index in [-0.39, 0.29) is 11.7 Å². The van der Waals surface area contributed by atoms with E-state index in [9.17, 15) is 13.6 Å². The number of nitrogens with zero attached hydrogens (tertiary/aromatic N) is 3. The van der Waals surface area contributed by atoms with Gasteiger partial charge in [0.1, 0.15) is 17.1 Å². The molecule has 1 fully saturated rings. The summed E-state index contributed by atoms with van der Waals surface area (Å²) in [5, 5.41) is 8.16. The van der Waals surface area contributed by atoms with E-state index in [4.69, 9.17) is 9.47 Å². The van der Waals surface area contributed by atoms with Crippen LogP contribution in [0.5, 0.6) is 5.75 Å². The smallest absolute Gasteiger partial charge is 0.280 e.